The van der Waals surface area contributed by atoms with Crippen molar-refractivity contribution in [1.82, 2.24) is 10.2 Å². The molecule has 0 radical (unpaired) electrons. The van der Waals surface area contributed by atoms with Gasteiger partial charge in [-0.1, -0.05) is 37.3 Å². The SMILES string of the molecule is CCNC(C)(CCN1CCC(c2ccccc2)C1)C(=O)O. The van der Waals surface area contributed by atoms with Gasteiger partial charge in [0.05, 0.1) is 0 Å². The molecule has 2 atom stereocenters. The minimum absolute atomic E-state index is 0.585. The third-order valence-corrected chi connectivity index (χ3v) is 4.51. The predicted molar refractivity (Wildman–Crippen MR) is 84.6 cm³/mol. The van der Waals surface area contributed by atoms with E-state index in [1.165, 1.54) is 5.56 Å². The highest BCUT2D eigenvalue weighted by Crippen LogP contribution is 2.27. The zero-order chi connectivity index (χ0) is 15.3. The molecule has 1 heterocycles. The van der Waals surface area contributed by atoms with Gasteiger partial charge in [-0.05, 0) is 44.3 Å². The number of carboxylic acids is 1. The maximum Gasteiger partial charge on any atom is 0.323 e. The number of nitrogens with zero attached hydrogens (tertiary/aromatic N) is 1. The minimum Gasteiger partial charge on any atom is -0.480 e. The monoisotopic (exact) mass is 290 g/mol. The first-order valence-electron chi connectivity index (χ1n) is 7.81. The van der Waals surface area contributed by atoms with Gasteiger partial charge in [0, 0.05) is 13.1 Å². The molecule has 4 heteroatoms. The number of likely N-dealkylation sites (N-methyl/N-ethyl adjacent to an activating group) is 1. The second kappa shape index (κ2) is 7.05. The third kappa shape index (κ3) is 4.05. The topological polar surface area (TPSA) is 52.6 Å². The number of benzene rings is 1. The van der Waals surface area contributed by atoms with Crippen molar-refractivity contribution in [2.75, 3.05) is 26.2 Å². The zero-order valence-corrected chi connectivity index (χ0v) is 13.0. The number of aliphatic carboxylic acids is 1. The summed E-state index contributed by atoms with van der Waals surface area (Å²) in [5, 5.41) is 12.5. The summed E-state index contributed by atoms with van der Waals surface area (Å²) >= 11 is 0. The molecule has 0 aromatic heterocycles. The molecule has 0 aliphatic carbocycles. The van der Waals surface area contributed by atoms with Crippen LogP contribution in [0, 0.1) is 0 Å². The van der Waals surface area contributed by atoms with Crippen molar-refractivity contribution in [3.8, 4) is 0 Å². The maximum atomic E-state index is 11.4. The average molecular weight is 290 g/mol. The molecular weight excluding hydrogens is 264 g/mol. The quantitative estimate of drug-likeness (QED) is 0.809. The Morgan fingerprint density at radius 1 is 1.43 bits per heavy atom. The molecule has 4 nitrogen and oxygen atoms in total. The molecule has 2 N–H and O–H groups in total. The molecule has 1 aliphatic heterocycles. The normalized spacial score (nSPS) is 22.1. The Kier molecular flexibility index (Phi) is 5.37. The third-order valence-electron chi connectivity index (χ3n) is 4.51. The number of nitrogens with one attached hydrogen (secondary N) is 1. The summed E-state index contributed by atoms with van der Waals surface area (Å²) in [7, 11) is 0. The maximum absolute atomic E-state index is 11.4. The van der Waals surface area contributed by atoms with Gasteiger partial charge >= 0.3 is 5.97 Å². The van der Waals surface area contributed by atoms with Gasteiger partial charge in [0.25, 0.3) is 0 Å². The number of hydrogen-bond acceptors (Lipinski definition) is 3. The van der Waals surface area contributed by atoms with Crippen LogP contribution in [0.3, 0.4) is 0 Å². The molecule has 2 unspecified atom stereocenters. The van der Waals surface area contributed by atoms with Gasteiger partial charge in [0.15, 0.2) is 0 Å². The lowest BCUT2D eigenvalue weighted by Crippen LogP contribution is -2.51. The van der Waals surface area contributed by atoms with Crippen molar-refractivity contribution in [1.29, 1.82) is 0 Å². The highest BCUT2D eigenvalue weighted by atomic mass is 16.4. The molecule has 116 valence electrons. The molecule has 1 fully saturated rings. The molecule has 1 aliphatic rings. The van der Waals surface area contributed by atoms with Gasteiger partial charge in [0.2, 0.25) is 0 Å². The van der Waals surface area contributed by atoms with E-state index in [0.29, 0.717) is 18.9 Å². The van der Waals surface area contributed by atoms with Crippen LogP contribution in [0.1, 0.15) is 38.2 Å². The second-order valence-electron chi connectivity index (χ2n) is 6.11. The van der Waals surface area contributed by atoms with Gasteiger partial charge in [-0.3, -0.25) is 4.79 Å². The molecule has 0 bridgehead atoms. The summed E-state index contributed by atoms with van der Waals surface area (Å²) in [6, 6.07) is 10.6. The standard InChI is InChI=1S/C17H26N2O2/c1-3-18-17(2,16(20)21)10-12-19-11-9-15(13-19)14-7-5-4-6-8-14/h4-8,15,18H,3,9-13H2,1-2H3,(H,20,21). The first kappa shape index (κ1) is 16.0. The van der Waals surface area contributed by atoms with Crippen molar-refractivity contribution >= 4 is 5.97 Å². The van der Waals surface area contributed by atoms with Gasteiger partial charge < -0.3 is 15.3 Å². The molecule has 0 saturated carbocycles. The molecule has 21 heavy (non-hydrogen) atoms. The Morgan fingerprint density at radius 3 is 2.76 bits per heavy atom. The lowest BCUT2D eigenvalue weighted by atomic mass is 9.97. The summed E-state index contributed by atoms with van der Waals surface area (Å²) in [5.74, 6) is -0.176. The molecule has 1 saturated heterocycles. The fourth-order valence-electron chi connectivity index (χ4n) is 3.08. The van der Waals surface area contributed by atoms with Crippen molar-refractivity contribution in [2.24, 2.45) is 0 Å². The lowest BCUT2D eigenvalue weighted by Gasteiger charge is -2.28. The number of rotatable bonds is 7. The van der Waals surface area contributed by atoms with Crippen LogP contribution >= 0.6 is 0 Å². The summed E-state index contributed by atoms with van der Waals surface area (Å²) in [4.78, 5) is 13.8. The number of hydrogen-bond donors (Lipinski definition) is 2. The molecule has 1 aromatic rings. The van der Waals surface area contributed by atoms with Crippen LogP contribution in [0.25, 0.3) is 0 Å². The zero-order valence-electron chi connectivity index (χ0n) is 13.0. The summed E-state index contributed by atoms with van der Waals surface area (Å²) in [5.41, 5.74) is 0.576. The van der Waals surface area contributed by atoms with E-state index in [-0.39, 0.29) is 0 Å². The number of likely N-dealkylation sites (tertiary alicyclic amines) is 1. The van der Waals surface area contributed by atoms with Crippen LogP contribution in [-0.4, -0.2) is 47.7 Å². The Labute approximate surface area is 127 Å². The van der Waals surface area contributed by atoms with E-state index in [9.17, 15) is 9.90 Å². The molecule has 1 aromatic carbocycles. The van der Waals surface area contributed by atoms with E-state index in [0.717, 1.165) is 26.1 Å². The fourth-order valence-corrected chi connectivity index (χ4v) is 3.08. The molecular formula is C17H26N2O2. The summed E-state index contributed by atoms with van der Waals surface area (Å²) in [6.07, 6.45) is 1.80. The Morgan fingerprint density at radius 2 is 2.14 bits per heavy atom. The van der Waals surface area contributed by atoms with Crippen LogP contribution in [-0.2, 0) is 4.79 Å². The predicted octanol–water partition coefficient (Wildman–Crippen LogP) is 2.32. The van der Waals surface area contributed by atoms with Crippen LogP contribution in [0.2, 0.25) is 0 Å². The highest BCUT2D eigenvalue weighted by Gasteiger charge is 2.33. The van der Waals surface area contributed by atoms with E-state index < -0.39 is 11.5 Å². The van der Waals surface area contributed by atoms with Crippen LogP contribution in [0.4, 0.5) is 0 Å². The summed E-state index contributed by atoms with van der Waals surface area (Å²) in [6.45, 7) is 7.33. The van der Waals surface area contributed by atoms with Crippen LogP contribution in [0.5, 0.6) is 0 Å². The van der Waals surface area contributed by atoms with E-state index in [1.807, 2.05) is 13.0 Å². The number of carbonyl (C=O) groups is 1. The lowest BCUT2D eigenvalue weighted by molar-refractivity contribution is -0.144. The van der Waals surface area contributed by atoms with Gasteiger partial charge in [0.1, 0.15) is 5.54 Å². The minimum atomic E-state index is -0.820. The number of carboxylic acid groups (broad SMARTS) is 1. The second-order valence-corrected chi connectivity index (χ2v) is 6.11. The Bertz CT molecular complexity index is 463. The van der Waals surface area contributed by atoms with E-state index in [2.05, 4.69) is 34.5 Å². The fraction of sp³-hybridized carbons (Fsp3) is 0.588. The van der Waals surface area contributed by atoms with Crippen LogP contribution in [0.15, 0.2) is 30.3 Å². The van der Waals surface area contributed by atoms with Crippen LogP contribution < -0.4 is 5.32 Å². The average Bonchev–Trinajstić information content (AvgIpc) is 2.95. The van der Waals surface area contributed by atoms with E-state index in [4.69, 9.17) is 0 Å². The molecule has 0 spiro atoms. The van der Waals surface area contributed by atoms with Gasteiger partial charge in [-0.2, -0.15) is 0 Å². The van der Waals surface area contributed by atoms with Gasteiger partial charge in [-0.15, -0.1) is 0 Å². The molecule has 0 amide bonds. The first-order chi connectivity index (χ1) is 10.0. The first-order valence-corrected chi connectivity index (χ1v) is 7.81. The smallest absolute Gasteiger partial charge is 0.323 e. The van der Waals surface area contributed by atoms with Crippen molar-refractivity contribution in [3.05, 3.63) is 35.9 Å². The largest absolute Gasteiger partial charge is 0.480 e. The van der Waals surface area contributed by atoms with Crippen molar-refractivity contribution in [2.45, 2.75) is 38.1 Å². The Balaban J connectivity index is 1.87. The molecule has 2 rings (SSSR count). The van der Waals surface area contributed by atoms with Crippen molar-refractivity contribution < 1.29 is 9.90 Å². The van der Waals surface area contributed by atoms with Gasteiger partial charge in [-0.25, -0.2) is 0 Å². The van der Waals surface area contributed by atoms with E-state index in [1.54, 1.807) is 6.92 Å². The van der Waals surface area contributed by atoms with E-state index >= 15 is 0 Å². The summed E-state index contributed by atoms with van der Waals surface area (Å²) < 4.78 is 0. The Hall–Kier alpha value is -1.39. The highest BCUT2D eigenvalue weighted by molar-refractivity contribution is 5.78. The van der Waals surface area contributed by atoms with Crippen molar-refractivity contribution in [3.63, 3.8) is 0 Å².